The minimum atomic E-state index is -3.71. The molecule has 0 saturated heterocycles. The summed E-state index contributed by atoms with van der Waals surface area (Å²) >= 11 is 0. The molecular formula is C5H12N2O4S. The lowest BCUT2D eigenvalue weighted by Gasteiger charge is -2.09. The molecule has 0 spiro atoms. The van der Waals surface area contributed by atoms with Gasteiger partial charge >= 0.3 is 5.97 Å². The fourth-order valence-electron chi connectivity index (χ4n) is 0.679. The maximum atomic E-state index is 10.4. The SMILES string of the molecule is CC(CCC(=O)O)NS(N)(=O)=O. The maximum absolute atomic E-state index is 10.4. The second-order valence-electron chi connectivity index (χ2n) is 2.50. The van der Waals surface area contributed by atoms with E-state index in [1.54, 1.807) is 6.92 Å². The van der Waals surface area contributed by atoms with Crippen molar-refractivity contribution in [1.82, 2.24) is 4.72 Å². The van der Waals surface area contributed by atoms with Gasteiger partial charge < -0.3 is 5.11 Å². The average Bonchev–Trinajstić information content (AvgIpc) is 1.79. The van der Waals surface area contributed by atoms with Crippen LogP contribution in [0.2, 0.25) is 0 Å². The van der Waals surface area contributed by atoms with Gasteiger partial charge in [-0.3, -0.25) is 4.79 Å². The molecule has 0 bridgehead atoms. The van der Waals surface area contributed by atoms with Gasteiger partial charge in [0, 0.05) is 12.5 Å². The van der Waals surface area contributed by atoms with Gasteiger partial charge in [0.25, 0.3) is 10.2 Å². The van der Waals surface area contributed by atoms with Crippen molar-refractivity contribution in [3.05, 3.63) is 0 Å². The van der Waals surface area contributed by atoms with Crippen molar-refractivity contribution in [2.45, 2.75) is 25.8 Å². The monoisotopic (exact) mass is 196 g/mol. The molecular weight excluding hydrogens is 184 g/mol. The summed E-state index contributed by atoms with van der Waals surface area (Å²) < 4.78 is 22.9. The topological polar surface area (TPSA) is 109 Å². The van der Waals surface area contributed by atoms with Crippen LogP contribution in [-0.4, -0.2) is 25.5 Å². The Bertz CT molecular complexity index is 248. The van der Waals surface area contributed by atoms with E-state index in [9.17, 15) is 13.2 Å². The van der Waals surface area contributed by atoms with Crippen molar-refractivity contribution >= 4 is 16.2 Å². The minimum Gasteiger partial charge on any atom is -0.481 e. The Morgan fingerprint density at radius 2 is 2.17 bits per heavy atom. The van der Waals surface area contributed by atoms with E-state index in [1.165, 1.54) is 0 Å². The summed E-state index contributed by atoms with van der Waals surface area (Å²) in [5.74, 6) is -0.960. The fraction of sp³-hybridized carbons (Fsp3) is 0.800. The summed E-state index contributed by atoms with van der Waals surface area (Å²) in [6, 6.07) is -0.448. The highest BCUT2D eigenvalue weighted by molar-refractivity contribution is 7.87. The van der Waals surface area contributed by atoms with Crippen LogP contribution < -0.4 is 9.86 Å². The third kappa shape index (κ3) is 7.45. The van der Waals surface area contributed by atoms with Crippen LogP contribution in [0.3, 0.4) is 0 Å². The summed E-state index contributed by atoms with van der Waals surface area (Å²) in [7, 11) is -3.71. The molecule has 0 radical (unpaired) electrons. The van der Waals surface area contributed by atoms with Crippen molar-refractivity contribution in [1.29, 1.82) is 0 Å². The number of hydrogen-bond donors (Lipinski definition) is 3. The molecule has 0 rings (SSSR count). The van der Waals surface area contributed by atoms with E-state index in [0.717, 1.165) is 0 Å². The molecule has 1 atom stereocenters. The minimum absolute atomic E-state index is 0.0797. The Labute approximate surface area is 70.9 Å². The number of aliphatic carboxylic acids is 1. The number of hydrogen-bond acceptors (Lipinski definition) is 3. The molecule has 0 aliphatic carbocycles. The highest BCUT2D eigenvalue weighted by Crippen LogP contribution is 1.96. The zero-order valence-corrected chi connectivity index (χ0v) is 7.47. The molecule has 0 heterocycles. The van der Waals surface area contributed by atoms with Gasteiger partial charge in [-0.2, -0.15) is 13.1 Å². The molecule has 0 aromatic heterocycles. The van der Waals surface area contributed by atoms with Gasteiger partial charge in [0.1, 0.15) is 0 Å². The number of nitrogens with two attached hydrogens (primary N) is 1. The Morgan fingerprint density at radius 1 is 1.67 bits per heavy atom. The van der Waals surface area contributed by atoms with Crippen molar-refractivity contribution in [3.8, 4) is 0 Å². The molecule has 0 aliphatic rings. The predicted octanol–water partition coefficient (Wildman–Crippen LogP) is -0.967. The van der Waals surface area contributed by atoms with Crippen LogP contribution in [0.4, 0.5) is 0 Å². The Morgan fingerprint density at radius 3 is 2.50 bits per heavy atom. The largest absolute Gasteiger partial charge is 0.481 e. The number of rotatable bonds is 5. The first kappa shape index (κ1) is 11.3. The van der Waals surface area contributed by atoms with Gasteiger partial charge in [-0.1, -0.05) is 0 Å². The molecule has 6 nitrogen and oxygen atoms in total. The number of carboxylic acid groups (broad SMARTS) is 1. The van der Waals surface area contributed by atoms with Crippen LogP contribution in [0.15, 0.2) is 0 Å². The number of nitrogens with one attached hydrogen (secondary N) is 1. The molecule has 0 amide bonds. The molecule has 72 valence electrons. The highest BCUT2D eigenvalue weighted by atomic mass is 32.2. The molecule has 1 unspecified atom stereocenters. The maximum Gasteiger partial charge on any atom is 0.303 e. The molecule has 0 saturated carbocycles. The molecule has 4 N–H and O–H groups in total. The zero-order valence-electron chi connectivity index (χ0n) is 6.65. The Balaban J connectivity index is 3.75. The second-order valence-corrected chi connectivity index (χ2v) is 3.82. The van der Waals surface area contributed by atoms with Gasteiger partial charge in [0.2, 0.25) is 0 Å². The van der Waals surface area contributed by atoms with E-state index in [1.807, 2.05) is 0 Å². The van der Waals surface area contributed by atoms with Crippen molar-refractivity contribution < 1.29 is 18.3 Å². The lowest BCUT2D eigenvalue weighted by atomic mass is 10.2. The van der Waals surface area contributed by atoms with Crippen LogP contribution in [0.25, 0.3) is 0 Å². The summed E-state index contributed by atoms with van der Waals surface area (Å²) in [5, 5.41) is 12.9. The van der Waals surface area contributed by atoms with E-state index >= 15 is 0 Å². The van der Waals surface area contributed by atoms with Crippen molar-refractivity contribution in [3.63, 3.8) is 0 Å². The van der Waals surface area contributed by atoms with E-state index in [2.05, 4.69) is 9.86 Å². The lowest BCUT2D eigenvalue weighted by molar-refractivity contribution is -0.137. The third-order valence-electron chi connectivity index (χ3n) is 1.16. The summed E-state index contributed by atoms with van der Waals surface area (Å²) in [6.07, 6.45) is 0.148. The Hall–Kier alpha value is -0.660. The van der Waals surface area contributed by atoms with E-state index < -0.39 is 22.2 Å². The number of carboxylic acids is 1. The van der Waals surface area contributed by atoms with Crippen LogP contribution in [-0.2, 0) is 15.0 Å². The first-order valence-electron chi connectivity index (χ1n) is 3.33. The van der Waals surface area contributed by atoms with Gasteiger partial charge in [-0.25, -0.2) is 5.14 Å². The molecule has 0 aromatic rings. The molecule has 0 fully saturated rings. The van der Waals surface area contributed by atoms with Gasteiger partial charge in [-0.05, 0) is 13.3 Å². The van der Waals surface area contributed by atoms with Crippen LogP contribution in [0, 0.1) is 0 Å². The van der Waals surface area contributed by atoms with E-state index in [0.29, 0.717) is 0 Å². The summed E-state index contributed by atoms with van der Waals surface area (Å²) in [5.41, 5.74) is 0. The molecule has 0 aromatic carbocycles. The van der Waals surface area contributed by atoms with E-state index in [-0.39, 0.29) is 12.8 Å². The van der Waals surface area contributed by atoms with Gasteiger partial charge in [-0.15, -0.1) is 0 Å². The molecule has 7 heteroatoms. The second kappa shape index (κ2) is 4.39. The highest BCUT2D eigenvalue weighted by Gasteiger charge is 2.09. The predicted molar refractivity (Wildman–Crippen MR) is 42.6 cm³/mol. The van der Waals surface area contributed by atoms with Crippen molar-refractivity contribution in [2.24, 2.45) is 5.14 Å². The standard InChI is InChI=1S/C5H12N2O4S/c1-4(2-3-5(8)9)7-12(6,10)11/h4,7H,2-3H2,1H3,(H,8,9)(H2,6,10,11). The third-order valence-corrected chi connectivity index (χ3v) is 1.89. The van der Waals surface area contributed by atoms with Crippen LogP contribution in [0.5, 0.6) is 0 Å². The van der Waals surface area contributed by atoms with Crippen LogP contribution in [0.1, 0.15) is 19.8 Å². The summed E-state index contributed by atoms with van der Waals surface area (Å²) in [4.78, 5) is 10.1. The first-order chi connectivity index (χ1) is 5.31. The summed E-state index contributed by atoms with van der Waals surface area (Å²) in [6.45, 7) is 1.55. The van der Waals surface area contributed by atoms with E-state index in [4.69, 9.17) is 5.11 Å². The van der Waals surface area contributed by atoms with Crippen molar-refractivity contribution in [2.75, 3.05) is 0 Å². The lowest BCUT2D eigenvalue weighted by Crippen LogP contribution is -2.37. The molecule has 12 heavy (non-hydrogen) atoms. The van der Waals surface area contributed by atoms with Gasteiger partial charge in [0.15, 0.2) is 0 Å². The Kier molecular flexibility index (Phi) is 4.15. The quantitative estimate of drug-likeness (QED) is 0.525. The molecule has 0 aliphatic heterocycles. The van der Waals surface area contributed by atoms with Gasteiger partial charge in [0.05, 0.1) is 0 Å². The van der Waals surface area contributed by atoms with Crippen LogP contribution >= 0.6 is 0 Å². The normalized spacial score (nSPS) is 14.2. The fourth-order valence-corrected chi connectivity index (χ4v) is 1.36. The number of carbonyl (C=O) groups is 1. The zero-order chi connectivity index (χ0) is 9.78. The first-order valence-corrected chi connectivity index (χ1v) is 4.88. The average molecular weight is 196 g/mol. The smallest absolute Gasteiger partial charge is 0.303 e.